The Morgan fingerprint density at radius 1 is 1.38 bits per heavy atom. The van der Waals surface area contributed by atoms with Crippen molar-refractivity contribution in [2.24, 2.45) is 5.92 Å². The van der Waals surface area contributed by atoms with Crippen molar-refractivity contribution in [2.45, 2.75) is 32.9 Å². The first-order valence-electron chi connectivity index (χ1n) is 5.89. The van der Waals surface area contributed by atoms with Crippen LogP contribution in [0.15, 0.2) is 24.5 Å². The van der Waals surface area contributed by atoms with E-state index in [0.29, 0.717) is 5.92 Å². The molecule has 0 spiro atoms. The minimum absolute atomic E-state index is 0.239. The number of hydrogen-bond acceptors (Lipinski definition) is 3. The zero-order valence-electron chi connectivity index (χ0n) is 10.4. The molecule has 1 rings (SSSR count). The van der Waals surface area contributed by atoms with Crippen molar-refractivity contribution in [2.75, 3.05) is 13.6 Å². The number of pyridine rings is 1. The molecule has 0 aliphatic carbocycles. The highest BCUT2D eigenvalue weighted by atomic mass is 16.3. The van der Waals surface area contributed by atoms with E-state index in [2.05, 4.69) is 23.7 Å². The molecule has 1 aromatic rings. The van der Waals surface area contributed by atoms with Gasteiger partial charge < -0.3 is 5.11 Å². The lowest BCUT2D eigenvalue weighted by Crippen LogP contribution is -2.32. The van der Waals surface area contributed by atoms with Crippen LogP contribution in [0, 0.1) is 5.92 Å². The molecule has 3 nitrogen and oxygen atoms in total. The van der Waals surface area contributed by atoms with Crippen LogP contribution in [-0.2, 0) is 6.54 Å². The quantitative estimate of drug-likeness (QED) is 0.799. The van der Waals surface area contributed by atoms with Gasteiger partial charge in [0.05, 0.1) is 6.10 Å². The third kappa shape index (κ3) is 4.29. The van der Waals surface area contributed by atoms with Gasteiger partial charge in [-0.25, -0.2) is 0 Å². The van der Waals surface area contributed by atoms with Gasteiger partial charge in [0, 0.05) is 25.5 Å². The molecule has 1 N–H and O–H groups in total. The van der Waals surface area contributed by atoms with Crippen molar-refractivity contribution >= 4 is 0 Å². The summed E-state index contributed by atoms with van der Waals surface area (Å²) in [6.45, 7) is 5.77. The second-order valence-corrected chi connectivity index (χ2v) is 4.51. The summed E-state index contributed by atoms with van der Waals surface area (Å²) in [6, 6.07) is 4.01. The molecule has 0 aliphatic rings. The number of nitrogens with zero attached hydrogens (tertiary/aromatic N) is 2. The summed E-state index contributed by atoms with van der Waals surface area (Å²) in [5, 5.41) is 9.91. The van der Waals surface area contributed by atoms with Gasteiger partial charge >= 0.3 is 0 Å². The van der Waals surface area contributed by atoms with Gasteiger partial charge in [-0.3, -0.25) is 9.88 Å². The molecule has 0 radical (unpaired) electrons. The molecule has 2 unspecified atom stereocenters. The van der Waals surface area contributed by atoms with E-state index in [1.54, 1.807) is 12.4 Å². The van der Waals surface area contributed by atoms with Crippen molar-refractivity contribution in [3.8, 4) is 0 Å². The highest BCUT2D eigenvalue weighted by Crippen LogP contribution is 2.10. The van der Waals surface area contributed by atoms with Gasteiger partial charge in [0.15, 0.2) is 0 Å². The first kappa shape index (κ1) is 13.1. The number of aliphatic hydroxyl groups excluding tert-OH is 1. The van der Waals surface area contributed by atoms with Gasteiger partial charge in [-0.1, -0.05) is 20.3 Å². The van der Waals surface area contributed by atoms with Gasteiger partial charge in [-0.2, -0.15) is 0 Å². The van der Waals surface area contributed by atoms with Gasteiger partial charge in [0.2, 0.25) is 0 Å². The lowest BCUT2D eigenvalue weighted by molar-refractivity contribution is 0.0754. The largest absolute Gasteiger partial charge is 0.392 e. The maximum atomic E-state index is 9.91. The van der Waals surface area contributed by atoms with Gasteiger partial charge in [0.1, 0.15) is 0 Å². The summed E-state index contributed by atoms with van der Waals surface area (Å²) in [4.78, 5) is 6.13. The smallest absolute Gasteiger partial charge is 0.0692 e. The van der Waals surface area contributed by atoms with Crippen LogP contribution in [-0.4, -0.2) is 34.7 Å². The molecular weight excluding hydrogens is 200 g/mol. The minimum atomic E-state index is -0.239. The van der Waals surface area contributed by atoms with Gasteiger partial charge in [-0.05, 0) is 30.7 Å². The average molecular weight is 222 g/mol. The molecule has 0 fully saturated rings. The van der Waals surface area contributed by atoms with Gasteiger partial charge in [0.25, 0.3) is 0 Å². The van der Waals surface area contributed by atoms with Crippen LogP contribution in [0.4, 0.5) is 0 Å². The maximum Gasteiger partial charge on any atom is 0.0692 e. The highest BCUT2D eigenvalue weighted by Gasteiger charge is 2.14. The van der Waals surface area contributed by atoms with Crippen LogP contribution in [0.2, 0.25) is 0 Å². The third-order valence-electron chi connectivity index (χ3n) is 3.00. The maximum absolute atomic E-state index is 9.91. The molecule has 2 atom stereocenters. The van der Waals surface area contributed by atoms with E-state index in [-0.39, 0.29) is 6.10 Å². The summed E-state index contributed by atoms with van der Waals surface area (Å²) >= 11 is 0. The average Bonchev–Trinajstić information content (AvgIpc) is 2.29. The van der Waals surface area contributed by atoms with Crippen molar-refractivity contribution in [3.05, 3.63) is 30.1 Å². The standard InChI is InChI=1S/C13H22N2O/c1-4-11(2)13(16)10-15(3)9-12-5-7-14-8-6-12/h5-8,11,13,16H,4,9-10H2,1-3H3. The van der Waals surface area contributed by atoms with E-state index in [1.807, 2.05) is 19.2 Å². The van der Waals surface area contributed by atoms with Crippen LogP contribution in [0.5, 0.6) is 0 Å². The Morgan fingerprint density at radius 3 is 2.56 bits per heavy atom. The summed E-state index contributed by atoms with van der Waals surface area (Å²) in [5.41, 5.74) is 1.23. The minimum Gasteiger partial charge on any atom is -0.392 e. The highest BCUT2D eigenvalue weighted by molar-refractivity contribution is 5.09. The third-order valence-corrected chi connectivity index (χ3v) is 3.00. The Balaban J connectivity index is 2.39. The van der Waals surface area contributed by atoms with Crippen molar-refractivity contribution < 1.29 is 5.11 Å². The summed E-state index contributed by atoms with van der Waals surface area (Å²) in [6.07, 6.45) is 4.38. The summed E-state index contributed by atoms with van der Waals surface area (Å²) < 4.78 is 0. The molecule has 1 aromatic heterocycles. The second kappa shape index (κ2) is 6.61. The lowest BCUT2D eigenvalue weighted by atomic mass is 10.0. The zero-order chi connectivity index (χ0) is 12.0. The van der Waals surface area contributed by atoms with Crippen LogP contribution < -0.4 is 0 Å². The molecule has 0 aromatic carbocycles. The molecule has 0 bridgehead atoms. The molecular formula is C13H22N2O. The van der Waals surface area contributed by atoms with Crippen LogP contribution in [0.25, 0.3) is 0 Å². The number of hydrogen-bond donors (Lipinski definition) is 1. The van der Waals surface area contributed by atoms with E-state index in [4.69, 9.17) is 0 Å². The Bertz CT molecular complexity index is 289. The van der Waals surface area contributed by atoms with Crippen molar-refractivity contribution in [1.29, 1.82) is 0 Å². The molecule has 16 heavy (non-hydrogen) atoms. The second-order valence-electron chi connectivity index (χ2n) is 4.51. The fourth-order valence-electron chi connectivity index (χ4n) is 1.64. The molecule has 1 heterocycles. The Hall–Kier alpha value is -0.930. The normalized spacial score (nSPS) is 15.1. The predicted molar refractivity (Wildman–Crippen MR) is 66.0 cm³/mol. The number of aliphatic hydroxyl groups is 1. The zero-order valence-corrected chi connectivity index (χ0v) is 10.4. The first-order chi connectivity index (χ1) is 7.63. The fraction of sp³-hybridized carbons (Fsp3) is 0.615. The number of aromatic nitrogens is 1. The Morgan fingerprint density at radius 2 is 2.00 bits per heavy atom. The molecule has 3 heteroatoms. The SMILES string of the molecule is CCC(C)C(O)CN(C)Cc1ccncc1. The number of rotatable bonds is 6. The molecule has 0 amide bonds. The van der Waals surface area contributed by atoms with E-state index in [9.17, 15) is 5.11 Å². The van der Waals surface area contributed by atoms with Crippen LogP contribution in [0.3, 0.4) is 0 Å². The first-order valence-corrected chi connectivity index (χ1v) is 5.89. The fourth-order valence-corrected chi connectivity index (χ4v) is 1.64. The van der Waals surface area contributed by atoms with Crippen molar-refractivity contribution in [1.82, 2.24) is 9.88 Å². The summed E-state index contributed by atoms with van der Waals surface area (Å²) in [5.74, 6) is 0.361. The van der Waals surface area contributed by atoms with E-state index in [1.165, 1.54) is 5.56 Å². The topological polar surface area (TPSA) is 36.4 Å². The number of likely N-dealkylation sites (N-methyl/N-ethyl adjacent to an activating group) is 1. The molecule has 0 aliphatic heterocycles. The van der Waals surface area contributed by atoms with E-state index >= 15 is 0 Å². The van der Waals surface area contributed by atoms with E-state index in [0.717, 1.165) is 19.5 Å². The van der Waals surface area contributed by atoms with Crippen molar-refractivity contribution in [3.63, 3.8) is 0 Å². The van der Waals surface area contributed by atoms with Gasteiger partial charge in [-0.15, -0.1) is 0 Å². The lowest BCUT2D eigenvalue weighted by Gasteiger charge is -2.24. The molecule has 0 saturated heterocycles. The Labute approximate surface area is 98.1 Å². The molecule has 0 saturated carbocycles. The summed E-state index contributed by atoms with van der Waals surface area (Å²) in [7, 11) is 2.03. The molecule has 90 valence electrons. The Kier molecular flexibility index (Phi) is 5.43. The monoisotopic (exact) mass is 222 g/mol. The predicted octanol–water partition coefficient (Wildman–Crippen LogP) is 1.92. The van der Waals surface area contributed by atoms with Crippen LogP contribution >= 0.6 is 0 Å². The van der Waals surface area contributed by atoms with E-state index < -0.39 is 0 Å². The van der Waals surface area contributed by atoms with Crippen LogP contribution in [0.1, 0.15) is 25.8 Å².